The van der Waals surface area contributed by atoms with Crippen LogP contribution in [-0.2, 0) is 0 Å². The molecule has 0 amide bonds. The van der Waals surface area contributed by atoms with Crippen LogP contribution in [0.2, 0.25) is 0 Å². The first-order valence-electron chi connectivity index (χ1n) is 5.49. The Bertz CT molecular complexity index is 318. The van der Waals surface area contributed by atoms with Crippen LogP contribution in [0.5, 0.6) is 5.75 Å². The van der Waals surface area contributed by atoms with E-state index in [9.17, 15) is 5.11 Å². The Balaban J connectivity index is 2.94. The molecular weight excluding hydrogens is 188 g/mol. The van der Waals surface area contributed by atoms with Gasteiger partial charge in [0.05, 0.1) is 12.2 Å². The molecular formula is C13H20O2. The zero-order valence-corrected chi connectivity index (χ0v) is 9.95. The van der Waals surface area contributed by atoms with Gasteiger partial charge in [-0.25, -0.2) is 0 Å². The summed E-state index contributed by atoms with van der Waals surface area (Å²) in [6.45, 7) is 7.98. The van der Waals surface area contributed by atoms with Crippen LogP contribution in [0.4, 0.5) is 0 Å². The van der Waals surface area contributed by atoms with Gasteiger partial charge in [0.15, 0.2) is 0 Å². The van der Waals surface area contributed by atoms with Crippen molar-refractivity contribution >= 4 is 0 Å². The Labute approximate surface area is 91.9 Å². The summed E-state index contributed by atoms with van der Waals surface area (Å²) in [5, 5.41) is 9.72. The highest BCUT2D eigenvalue weighted by atomic mass is 16.5. The number of ether oxygens (including phenoxy) is 1. The van der Waals surface area contributed by atoms with Crippen molar-refractivity contribution in [2.24, 2.45) is 0 Å². The van der Waals surface area contributed by atoms with E-state index in [1.807, 2.05) is 45.9 Å². The predicted molar refractivity (Wildman–Crippen MR) is 62.2 cm³/mol. The number of rotatable bonds is 4. The van der Waals surface area contributed by atoms with Crippen LogP contribution < -0.4 is 4.74 Å². The van der Waals surface area contributed by atoms with Crippen LogP contribution >= 0.6 is 0 Å². The topological polar surface area (TPSA) is 29.5 Å². The van der Waals surface area contributed by atoms with Crippen LogP contribution in [0, 0.1) is 6.92 Å². The number of aryl methyl sites for hydroxylation is 1. The van der Waals surface area contributed by atoms with E-state index in [2.05, 4.69) is 0 Å². The standard InChI is InChI=1S/C13H20O2/c1-5-12(14)11-7-6-10(4)13(8-11)15-9(2)3/h6-9,12,14H,5H2,1-4H3. The second kappa shape index (κ2) is 5.17. The molecule has 0 fully saturated rings. The van der Waals surface area contributed by atoms with Gasteiger partial charge in [0.25, 0.3) is 0 Å². The fourth-order valence-electron chi connectivity index (χ4n) is 1.44. The normalized spacial score (nSPS) is 12.9. The largest absolute Gasteiger partial charge is 0.491 e. The summed E-state index contributed by atoms with van der Waals surface area (Å²) in [6, 6.07) is 5.88. The lowest BCUT2D eigenvalue weighted by atomic mass is 10.0. The smallest absolute Gasteiger partial charge is 0.122 e. The molecule has 84 valence electrons. The van der Waals surface area contributed by atoms with Crippen LogP contribution in [0.25, 0.3) is 0 Å². The zero-order valence-electron chi connectivity index (χ0n) is 9.95. The zero-order chi connectivity index (χ0) is 11.4. The molecule has 0 radical (unpaired) electrons. The van der Waals surface area contributed by atoms with E-state index in [4.69, 9.17) is 4.74 Å². The van der Waals surface area contributed by atoms with Crippen molar-refractivity contribution in [3.63, 3.8) is 0 Å². The summed E-state index contributed by atoms with van der Waals surface area (Å²) >= 11 is 0. The third kappa shape index (κ3) is 3.24. The molecule has 0 spiro atoms. The lowest BCUT2D eigenvalue weighted by Crippen LogP contribution is -2.07. The van der Waals surface area contributed by atoms with Crippen molar-refractivity contribution in [2.45, 2.75) is 46.3 Å². The lowest BCUT2D eigenvalue weighted by Gasteiger charge is -2.15. The van der Waals surface area contributed by atoms with Crippen molar-refractivity contribution in [3.05, 3.63) is 29.3 Å². The Hall–Kier alpha value is -1.02. The van der Waals surface area contributed by atoms with E-state index in [1.165, 1.54) is 0 Å². The molecule has 1 unspecified atom stereocenters. The summed E-state index contributed by atoms with van der Waals surface area (Å²) in [7, 11) is 0. The fraction of sp³-hybridized carbons (Fsp3) is 0.538. The maximum atomic E-state index is 9.72. The van der Waals surface area contributed by atoms with Gasteiger partial charge in [-0.3, -0.25) is 0 Å². The van der Waals surface area contributed by atoms with Gasteiger partial charge in [0.1, 0.15) is 5.75 Å². The van der Waals surface area contributed by atoms with Gasteiger partial charge in [-0.2, -0.15) is 0 Å². The minimum Gasteiger partial charge on any atom is -0.491 e. The summed E-state index contributed by atoms with van der Waals surface area (Å²) in [6.07, 6.45) is 0.502. The highest BCUT2D eigenvalue weighted by molar-refractivity contribution is 5.37. The average Bonchev–Trinajstić information content (AvgIpc) is 2.19. The minimum absolute atomic E-state index is 0.165. The van der Waals surface area contributed by atoms with Crippen LogP contribution in [-0.4, -0.2) is 11.2 Å². The number of benzene rings is 1. The first-order valence-corrected chi connectivity index (χ1v) is 5.49. The molecule has 0 aromatic heterocycles. The van der Waals surface area contributed by atoms with Crippen molar-refractivity contribution in [1.29, 1.82) is 0 Å². The molecule has 0 saturated carbocycles. The first kappa shape index (κ1) is 12.1. The maximum absolute atomic E-state index is 9.72. The number of hydrogen-bond acceptors (Lipinski definition) is 2. The van der Waals surface area contributed by atoms with Crippen LogP contribution in [0.15, 0.2) is 18.2 Å². The lowest BCUT2D eigenvalue weighted by molar-refractivity contribution is 0.172. The summed E-state index contributed by atoms with van der Waals surface area (Å²) in [5.74, 6) is 0.870. The van der Waals surface area contributed by atoms with Crippen LogP contribution in [0.1, 0.15) is 44.4 Å². The molecule has 1 atom stereocenters. The van der Waals surface area contributed by atoms with Gasteiger partial charge in [-0.05, 0) is 44.4 Å². The Morgan fingerprint density at radius 3 is 2.53 bits per heavy atom. The molecule has 2 heteroatoms. The molecule has 1 aromatic rings. The summed E-state index contributed by atoms with van der Waals surface area (Å²) in [4.78, 5) is 0. The molecule has 0 aliphatic heterocycles. The maximum Gasteiger partial charge on any atom is 0.122 e. The molecule has 1 N–H and O–H groups in total. The van der Waals surface area contributed by atoms with Gasteiger partial charge in [0.2, 0.25) is 0 Å². The van der Waals surface area contributed by atoms with Crippen molar-refractivity contribution in [3.8, 4) is 5.75 Å². The molecule has 0 saturated heterocycles. The summed E-state index contributed by atoms with van der Waals surface area (Å²) < 4.78 is 5.67. The number of aliphatic hydroxyl groups excluding tert-OH is 1. The second-order valence-electron chi connectivity index (χ2n) is 4.12. The number of hydrogen-bond donors (Lipinski definition) is 1. The minimum atomic E-state index is -0.389. The van der Waals surface area contributed by atoms with E-state index in [0.717, 1.165) is 23.3 Å². The molecule has 15 heavy (non-hydrogen) atoms. The average molecular weight is 208 g/mol. The van der Waals surface area contributed by atoms with E-state index in [-0.39, 0.29) is 12.2 Å². The summed E-state index contributed by atoms with van der Waals surface area (Å²) in [5.41, 5.74) is 2.04. The molecule has 2 nitrogen and oxygen atoms in total. The Morgan fingerprint density at radius 1 is 1.33 bits per heavy atom. The van der Waals surface area contributed by atoms with Gasteiger partial charge < -0.3 is 9.84 Å². The molecule has 0 bridgehead atoms. The van der Waals surface area contributed by atoms with E-state index < -0.39 is 0 Å². The molecule has 0 aliphatic carbocycles. The highest BCUT2D eigenvalue weighted by Crippen LogP contribution is 2.25. The monoisotopic (exact) mass is 208 g/mol. The first-order chi connectivity index (χ1) is 7.04. The van der Waals surface area contributed by atoms with Crippen molar-refractivity contribution < 1.29 is 9.84 Å². The van der Waals surface area contributed by atoms with E-state index in [1.54, 1.807) is 0 Å². The van der Waals surface area contributed by atoms with Crippen molar-refractivity contribution in [1.82, 2.24) is 0 Å². The SMILES string of the molecule is CCC(O)c1ccc(C)c(OC(C)C)c1. The molecule has 1 rings (SSSR count). The van der Waals surface area contributed by atoms with Gasteiger partial charge >= 0.3 is 0 Å². The van der Waals surface area contributed by atoms with E-state index >= 15 is 0 Å². The van der Waals surface area contributed by atoms with Gasteiger partial charge in [-0.1, -0.05) is 19.1 Å². The van der Waals surface area contributed by atoms with Gasteiger partial charge in [0, 0.05) is 0 Å². The van der Waals surface area contributed by atoms with Gasteiger partial charge in [-0.15, -0.1) is 0 Å². The third-order valence-corrected chi connectivity index (χ3v) is 2.35. The third-order valence-electron chi connectivity index (χ3n) is 2.35. The Morgan fingerprint density at radius 2 is 2.00 bits per heavy atom. The van der Waals surface area contributed by atoms with Crippen LogP contribution in [0.3, 0.4) is 0 Å². The molecule has 0 aliphatic rings. The number of aliphatic hydroxyl groups is 1. The predicted octanol–water partition coefficient (Wildman–Crippen LogP) is 3.23. The molecule has 1 aromatic carbocycles. The Kier molecular flexibility index (Phi) is 4.15. The second-order valence-corrected chi connectivity index (χ2v) is 4.12. The van der Waals surface area contributed by atoms with Crippen molar-refractivity contribution in [2.75, 3.05) is 0 Å². The quantitative estimate of drug-likeness (QED) is 0.823. The fourth-order valence-corrected chi connectivity index (χ4v) is 1.44. The highest BCUT2D eigenvalue weighted by Gasteiger charge is 2.08. The molecule has 0 heterocycles. The van der Waals surface area contributed by atoms with E-state index in [0.29, 0.717) is 0 Å².